The summed E-state index contributed by atoms with van der Waals surface area (Å²) in [6.45, 7) is 6.62. The first-order valence-corrected chi connectivity index (χ1v) is 11.4. The lowest BCUT2D eigenvalue weighted by Gasteiger charge is -2.21. The fourth-order valence-electron chi connectivity index (χ4n) is 2.97. The molecule has 158 valence electrons. The minimum atomic E-state index is -3.67. The lowest BCUT2D eigenvalue weighted by molar-refractivity contribution is -0.121. The van der Waals surface area contributed by atoms with Crippen molar-refractivity contribution in [1.29, 1.82) is 0 Å². The van der Waals surface area contributed by atoms with Gasteiger partial charge < -0.3 is 10.1 Å². The van der Waals surface area contributed by atoms with E-state index in [4.69, 9.17) is 4.74 Å². The largest absolute Gasteiger partial charge is 0.494 e. The highest BCUT2D eigenvalue weighted by atomic mass is 32.2. The van der Waals surface area contributed by atoms with Crippen LogP contribution in [0.15, 0.2) is 59.5 Å². The van der Waals surface area contributed by atoms with Gasteiger partial charge in [0.1, 0.15) is 5.75 Å². The van der Waals surface area contributed by atoms with E-state index in [1.807, 2.05) is 37.3 Å². The smallest absolute Gasteiger partial charge is 0.240 e. The summed E-state index contributed by atoms with van der Waals surface area (Å²) in [6, 6.07) is 15.9. The van der Waals surface area contributed by atoms with Gasteiger partial charge in [0, 0.05) is 13.0 Å². The van der Waals surface area contributed by atoms with E-state index < -0.39 is 10.0 Å². The van der Waals surface area contributed by atoms with Crippen molar-refractivity contribution in [2.24, 2.45) is 5.92 Å². The summed E-state index contributed by atoms with van der Waals surface area (Å²) in [5.74, 6) is 0.843. The lowest BCUT2D eigenvalue weighted by Crippen LogP contribution is -2.33. The van der Waals surface area contributed by atoms with Crippen molar-refractivity contribution in [3.63, 3.8) is 0 Å². The molecular weight excluding hydrogens is 388 g/mol. The van der Waals surface area contributed by atoms with Crippen LogP contribution < -0.4 is 14.8 Å². The summed E-state index contributed by atoms with van der Waals surface area (Å²) in [6.07, 6.45) is 0.880. The van der Waals surface area contributed by atoms with Gasteiger partial charge in [-0.25, -0.2) is 13.1 Å². The lowest BCUT2D eigenvalue weighted by atomic mass is 9.97. The van der Waals surface area contributed by atoms with Crippen molar-refractivity contribution in [2.75, 3.05) is 13.2 Å². The van der Waals surface area contributed by atoms with Gasteiger partial charge in [-0.3, -0.25) is 4.79 Å². The molecule has 0 bridgehead atoms. The molecule has 0 aromatic heterocycles. The Morgan fingerprint density at radius 2 is 1.69 bits per heavy atom. The van der Waals surface area contributed by atoms with Gasteiger partial charge in [0.05, 0.1) is 17.5 Å². The summed E-state index contributed by atoms with van der Waals surface area (Å²) >= 11 is 0. The van der Waals surface area contributed by atoms with E-state index >= 15 is 0 Å². The minimum Gasteiger partial charge on any atom is -0.494 e. The first-order valence-electron chi connectivity index (χ1n) is 9.88. The van der Waals surface area contributed by atoms with Crippen molar-refractivity contribution >= 4 is 15.9 Å². The average Bonchev–Trinajstić information content (AvgIpc) is 2.68. The van der Waals surface area contributed by atoms with Crippen LogP contribution in [-0.2, 0) is 14.8 Å². The normalized spacial score (nSPS) is 12.6. The summed E-state index contributed by atoms with van der Waals surface area (Å²) in [5.41, 5.74) is 1.05. The van der Waals surface area contributed by atoms with E-state index in [1.165, 1.54) is 12.1 Å². The van der Waals surface area contributed by atoms with Crippen LogP contribution in [0, 0.1) is 5.92 Å². The third-order valence-corrected chi connectivity index (χ3v) is 5.81. The van der Waals surface area contributed by atoms with Crippen LogP contribution in [-0.4, -0.2) is 27.5 Å². The molecule has 2 aromatic rings. The summed E-state index contributed by atoms with van der Waals surface area (Å²) < 4.78 is 32.6. The van der Waals surface area contributed by atoms with Crippen molar-refractivity contribution in [1.82, 2.24) is 10.0 Å². The standard InChI is InChI=1S/C22H30N2O4S/c1-4-28-19-10-12-20(13-11-19)29(26,27)23-15-14-22(25)24-21(16-17(2)3)18-8-6-5-7-9-18/h5-13,17,21,23H,4,14-16H2,1-3H3,(H,24,25)/t21-/m0/s1. The zero-order valence-electron chi connectivity index (χ0n) is 17.2. The molecule has 0 spiro atoms. The molecule has 0 saturated carbocycles. The van der Waals surface area contributed by atoms with E-state index in [0.717, 1.165) is 12.0 Å². The highest BCUT2D eigenvalue weighted by Gasteiger charge is 2.18. The third-order valence-electron chi connectivity index (χ3n) is 4.33. The summed E-state index contributed by atoms with van der Waals surface area (Å²) in [5, 5.41) is 3.02. The van der Waals surface area contributed by atoms with Crippen LogP contribution in [0.4, 0.5) is 0 Å². The molecule has 0 heterocycles. The number of carbonyl (C=O) groups excluding carboxylic acids is 1. The Morgan fingerprint density at radius 1 is 1.03 bits per heavy atom. The maximum atomic E-state index is 12.4. The SMILES string of the molecule is CCOc1ccc(S(=O)(=O)NCCC(=O)N[C@@H](CC(C)C)c2ccccc2)cc1. The number of rotatable bonds is 11. The van der Waals surface area contributed by atoms with Gasteiger partial charge in [0.25, 0.3) is 0 Å². The van der Waals surface area contributed by atoms with Gasteiger partial charge >= 0.3 is 0 Å². The number of hydrogen-bond donors (Lipinski definition) is 2. The van der Waals surface area contributed by atoms with E-state index in [9.17, 15) is 13.2 Å². The Bertz CT molecular complexity index is 865. The molecule has 0 aliphatic rings. The van der Waals surface area contributed by atoms with Gasteiger partial charge in [0.2, 0.25) is 15.9 Å². The van der Waals surface area contributed by atoms with Gasteiger partial charge in [0.15, 0.2) is 0 Å². The maximum Gasteiger partial charge on any atom is 0.240 e. The number of carbonyl (C=O) groups is 1. The Labute approximate surface area is 173 Å². The second kappa shape index (κ2) is 11.0. The maximum absolute atomic E-state index is 12.4. The Balaban J connectivity index is 1.90. The number of benzene rings is 2. The minimum absolute atomic E-state index is 0.0323. The van der Waals surface area contributed by atoms with Crippen LogP contribution in [0.2, 0.25) is 0 Å². The van der Waals surface area contributed by atoms with Crippen LogP contribution in [0.3, 0.4) is 0 Å². The topological polar surface area (TPSA) is 84.5 Å². The zero-order valence-corrected chi connectivity index (χ0v) is 18.0. The molecule has 7 heteroatoms. The number of amides is 1. The first-order chi connectivity index (χ1) is 13.8. The molecule has 2 aromatic carbocycles. The Morgan fingerprint density at radius 3 is 2.28 bits per heavy atom. The third kappa shape index (κ3) is 7.51. The Hall–Kier alpha value is -2.38. The molecule has 1 atom stereocenters. The van der Waals surface area contributed by atoms with E-state index in [1.54, 1.807) is 12.1 Å². The van der Waals surface area contributed by atoms with E-state index in [2.05, 4.69) is 23.9 Å². The molecule has 1 amide bonds. The highest BCUT2D eigenvalue weighted by molar-refractivity contribution is 7.89. The van der Waals surface area contributed by atoms with E-state index in [-0.39, 0.29) is 29.8 Å². The van der Waals surface area contributed by atoms with Crippen molar-refractivity contribution in [3.8, 4) is 5.75 Å². The average molecular weight is 419 g/mol. The number of sulfonamides is 1. The first kappa shape index (κ1) is 22.9. The molecule has 0 radical (unpaired) electrons. The van der Waals surface area contributed by atoms with Gasteiger partial charge in [-0.15, -0.1) is 0 Å². The number of nitrogens with one attached hydrogen (secondary N) is 2. The molecule has 6 nitrogen and oxygen atoms in total. The number of ether oxygens (including phenoxy) is 1. The monoisotopic (exact) mass is 418 g/mol. The molecule has 0 aliphatic heterocycles. The van der Waals surface area contributed by atoms with Gasteiger partial charge in [-0.05, 0) is 49.1 Å². The predicted octanol–water partition coefficient (Wildman–Crippen LogP) is 3.66. The number of hydrogen-bond acceptors (Lipinski definition) is 4. The summed E-state index contributed by atoms with van der Waals surface area (Å²) in [7, 11) is -3.67. The summed E-state index contributed by atoms with van der Waals surface area (Å²) in [4.78, 5) is 12.5. The fourth-order valence-corrected chi connectivity index (χ4v) is 4.00. The van der Waals surface area contributed by atoms with Crippen LogP contribution in [0.1, 0.15) is 45.2 Å². The van der Waals surface area contributed by atoms with Gasteiger partial charge in [-0.1, -0.05) is 44.2 Å². The molecule has 29 heavy (non-hydrogen) atoms. The molecule has 2 N–H and O–H groups in total. The second-order valence-electron chi connectivity index (χ2n) is 7.21. The van der Waals surface area contributed by atoms with Crippen LogP contribution >= 0.6 is 0 Å². The molecular formula is C22H30N2O4S. The second-order valence-corrected chi connectivity index (χ2v) is 8.98. The predicted molar refractivity (Wildman–Crippen MR) is 114 cm³/mol. The molecule has 0 saturated heterocycles. The Kier molecular flexibility index (Phi) is 8.67. The molecule has 0 aliphatic carbocycles. The molecule has 0 unspecified atom stereocenters. The van der Waals surface area contributed by atoms with Crippen molar-refractivity contribution in [2.45, 2.75) is 44.6 Å². The van der Waals surface area contributed by atoms with Crippen LogP contribution in [0.25, 0.3) is 0 Å². The molecule has 2 rings (SSSR count). The van der Waals surface area contributed by atoms with E-state index in [0.29, 0.717) is 18.3 Å². The van der Waals surface area contributed by atoms with Crippen LogP contribution in [0.5, 0.6) is 5.75 Å². The van der Waals surface area contributed by atoms with Crippen molar-refractivity contribution < 1.29 is 17.9 Å². The fraction of sp³-hybridized carbons (Fsp3) is 0.409. The van der Waals surface area contributed by atoms with Gasteiger partial charge in [-0.2, -0.15) is 0 Å². The quantitative estimate of drug-likeness (QED) is 0.583. The van der Waals surface area contributed by atoms with Crippen molar-refractivity contribution in [3.05, 3.63) is 60.2 Å². The highest BCUT2D eigenvalue weighted by Crippen LogP contribution is 2.21. The molecule has 0 fully saturated rings. The zero-order chi connectivity index (χ0) is 21.3.